The van der Waals surface area contributed by atoms with Crippen molar-refractivity contribution >= 4 is 35.6 Å². The molecule has 3 rings (SSSR count). The topological polar surface area (TPSA) is 52.7 Å². The van der Waals surface area contributed by atoms with Gasteiger partial charge in [-0.1, -0.05) is 0 Å². The lowest BCUT2D eigenvalue weighted by atomic mass is 10.0. The fourth-order valence-electron chi connectivity index (χ4n) is 3.63. The Morgan fingerprint density at radius 3 is 2.92 bits per heavy atom. The lowest BCUT2D eigenvalue weighted by molar-refractivity contribution is -0.140. The molecule has 1 atom stereocenters. The van der Waals surface area contributed by atoms with Gasteiger partial charge >= 0.3 is 0 Å². The quantitative estimate of drug-likeness (QED) is 0.845. The second kappa shape index (κ2) is 9.55. The molecule has 7 heteroatoms. The zero-order valence-corrected chi connectivity index (χ0v) is 16.5. The van der Waals surface area contributed by atoms with Crippen molar-refractivity contribution in [3.8, 4) is 0 Å². The van der Waals surface area contributed by atoms with E-state index in [0.29, 0.717) is 19.5 Å². The molecule has 2 amide bonds. The average molecular weight is 386 g/mol. The van der Waals surface area contributed by atoms with Crippen LogP contribution in [0.4, 0.5) is 0 Å². The predicted molar refractivity (Wildman–Crippen MR) is 103 cm³/mol. The maximum absolute atomic E-state index is 12.5. The first-order valence-corrected chi connectivity index (χ1v) is 9.78. The molecule has 0 saturated carbocycles. The van der Waals surface area contributed by atoms with Gasteiger partial charge < -0.3 is 15.1 Å². The zero-order chi connectivity index (χ0) is 16.9. The van der Waals surface area contributed by atoms with Crippen LogP contribution in [0.3, 0.4) is 0 Å². The van der Waals surface area contributed by atoms with Crippen LogP contribution < -0.4 is 5.32 Å². The third-order valence-electron chi connectivity index (χ3n) is 4.93. The number of hydrogen-bond acceptors (Lipinski definition) is 4. The summed E-state index contributed by atoms with van der Waals surface area (Å²) in [5.74, 6) is 0.421. The Hall–Kier alpha value is -1.11. The Kier molecular flexibility index (Phi) is 7.72. The second-order valence-corrected chi connectivity index (χ2v) is 8.14. The summed E-state index contributed by atoms with van der Waals surface area (Å²) in [5, 5.41) is 3.11. The minimum absolute atomic E-state index is 0. The molecule has 0 spiro atoms. The van der Waals surface area contributed by atoms with Gasteiger partial charge in [0.15, 0.2) is 0 Å². The number of thiophene rings is 1. The summed E-state index contributed by atoms with van der Waals surface area (Å²) in [6.07, 6.45) is 4.52. The highest BCUT2D eigenvalue weighted by atomic mass is 35.5. The van der Waals surface area contributed by atoms with Gasteiger partial charge in [0.05, 0.1) is 6.54 Å². The number of rotatable bonds is 5. The highest BCUT2D eigenvalue weighted by Crippen LogP contribution is 2.20. The van der Waals surface area contributed by atoms with Crippen molar-refractivity contribution in [1.82, 2.24) is 15.1 Å². The summed E-state index contributed by atoms with van der Waals surface area (Å²) in [6.45, 7) is 5.73. The van der Waals surface area contributed by atoms with E-state index in [1.54, 1.807) is 0 Å². The Bertz CT molecular complexity index is 593. The van der Waals surface area contributed by atoms with Crippen LogP contribution in [0.25, 0.3) is 0 Å². The summed E-state index contributed by atoms with van der Waals surface area (Å²) < 4.78 is 0. The van der Waals surface area contributed by atoms with Gasteiger partial charge in [-0.2, -0.15) is 0 Å². The number of amides is 2. The Labute approximate surface area is 160 Å². The van der Waals surface area contributed by atoms with Gasteiger partial charge in [-0.3, -0.25) is 9.59 Å². The molecule has 1 aromatic heterocycles. The average Bonchev–Trinajstić information content (AvgIpc) is 3.00. The van der Waals surface area contributed by atoms with Crippen LogP contribution >= 0.6 is 23.7 Å². The van der Waals surface area contributed by atoms with E-state index in [2.05, 4.69) is 24.4 Å². The molecule has 2 fully saturated rings. The van der Waals surface area contributed by atoms with Gasteiger partial charge in [-0.25, -0.2) is 0 Å². The molecule has 2 aliphatic heterocycles. The molecule has 3 heterocycles. The van der Waals surface area contributed by atoms with E-state index in [1.165, 1.54) is 9.75 Å². The lowest BCUT2D eigenvalue weighted by Gasteiger charge is -2.41. The van der Waals surface area contributed by atoms with Crippen LogP contribution in [0.1, 0.15) is 35.4 Å². The molecule has 1 N–H and O–H groups in total. The number of carbonyl (C=O) groups excluding carboxylic acids is 2. The van der Waals surface area contributed by atoms with E-state index in [-0.39, 0.29) is 30.3 Å². The Balaban J connectivity index is 0.00000225. The number of piperidine rings is 1. The van der Waals surface area contributed by atoms with Gasteiger partial charge in [0, 0.05) is 48.4 Å². The van der Waals surface area contributed by atoms with Crippen LogP contribution in [-0.2, 0) is 16.0 Å². The SMILES string of the molecule is Cc1ccc(CCCC(=O)N2CCCC(N3CCNCC3=O)C2)s1.Cl. The smallest absolute Gasteiger partial charge is 0.236 e. The van der Waals surface area contributed by atoms with Crippen LogP contribution in [0.5, 0.6) is 0 Å². The van der Waals surface area contributed by atoms with Gasteiger partial charge in [0.25, 0.3) is 0 Å². The lowest BCUT2D eigenvalue weighted by Crippen LogP contribution is -2.57. The highest BCUT2D eigenvalue weighted by Gasteiger charge is 2.31. The van der Waals surface area contributed by atoms with Gasteiger partial charge in [-0.15, -0.1) is 23.7 Å². The van der Waals surface area contributed by atoms with Crippen LogP contribution in [0.15, 0.2) is 12.1 Å². The summed E-state index contributed by atoms with van der Waals surface area (Å²) in [5.41, 5.74) is 0. The van der Waals surface area contributed by atoms with Crippen molar-refractivity contribution in [3.63, 3.8) is 0 Å². The van der Waals surface area contributed by atoms with E-state index in [0.717, 1.165) is 45.3 Å². The van der Waals surface area contributed by atoms with E-state index < -0.39 is 0 Å². The van der Waals surface area contributed by atoms with E-state index in [1.807, 2.05) is 21.1 Å². The van der Waals surface area contributed by atoms with Gasteiger partial charge in [0.1, 0.15) is 0 Å². The van der Waals surface area contributed by atoms with Crippen LogP contribution in [0, 0.1) is 6.92 Å². The first kappa shape index (κ1) is 20.2. The summed E-state index contributed by atoms with van der Waals surface area (Å²) >= 11 is 1.82. The number of hydrogen-bond donors (Lipinski definition) is 1. The number of halogens is 1. The highest BCUT2D eigenvalue weighted by molar-refractivity contribution is 7.11. The molecular formula is C18H28ClN3O2S. The number of aryl methyl sites for hydroxylation is 2. The maximum Gasteiger partial charge on any atom is 0.236 e. The second-order valence-electron chi connectivity index (χ2n) is 6.77. The molecule has 1 unspecified atom stereocenters. The predicted octanol–water partition coefficient (Wildman–Crippen LogP) is 2.22. The molecule has 1 aromatic rings. The molecule has 0 bridgehead atoms. The van der Waals surface area contributed by atoms with E-state index >= 15 is 0 Å². The maximum atomic E-state index is 12.5. The first-order valence-electron chi connectivity index (χ1n) is 8.97. The largest absolute Gasteiger partial charge is 0.341 e. The van der Waals surface area contributed by atoms with Crippen molar-refractivity contribution in [2.45, 2.75) is 45.1 Å². The van der Waals surface area contributed by atoms with E-state index in [4.69, 9.17) is 0 Å². The van der Waals surface area contributed by atoms with E-state index in [9.17, 15) is 9.59 Å². The third kappa shape index (κ3) is 5.43. The number of likely N-dealkylation sites (tertiary alicyclic amines) is 1. The number of nitrogens with zero attached hydrogens (tertiary/aromatic N) is 2. The molecule has 5 nitrogen and oxygen atoms in total. The standard InChI is InChI=1S/C18H27N3O2S.ClH/c1-14-7-8-16(24-14)5-2-6-17(22)20-10-3-4-15(13-20)21-11-9-19-12-18(21)23;/h7-8,15,19H,2-6,9-13H2,1H3;1H. The molecule has 2 saturated heterocycles. The van der Waals surface area contributed by atoms with Crippen molar-refractivity contribution in [3.05, 3.63) is 21.9 Å². The minimum atomic E-state index is 0. The van der Waals surface area contributed by atoms with Gasteiger partial charge in [-0.05, 0) is 44.7 Å². The van der Waals surface area contributed by atoms with Crippen molar-refractivity contribution < 1.29 is 9.59 Å². The fourth-order valence-corrected chi connectivity index (χ4v) is 4.57. The molecule has 0 aromatic carbocycles. The van der Waals surface area contributed by atoms with Gasteiger partial charge in [0.2, 0.25) is 11.8 Å². The first-order chi connectivity index (χ1) is 11.6. The third-order valence-corrected chi connectivity index (χ3v) is 5.99. The molecule has 25 heavy (non-hydrogen) atoms. The summed E-state index contributed by atoms with van der Waals surface area (Å²) in [4.78, 5) is 31.2. The normalized spacial score (nSPS) is 21.2. The summed E-state index contributed by atoms with van der Waals surface area (Å²) in [6, 6.07) is 4.51. The zero-order valence-electron chi connectivity index (χ0n) is 14.8. The molecule has 0 radical (unpaired) electrons. The Morgan fingerprint density at radius 2 is 2.20 bits per heavy atom. The number of piperazine rings is 1. The number of nitrogens with one attached hydrogen (secondary N) is 1. The molecule has 2 aliphatic rings. The van der Waals surface area contributed by atoms with Crippen molar-refractivity contribution in [2.75, 3.05) is 32.7 Å². The molecule has 140 valence electrons. The minimum Gasteiger partial charge on any atom is -0.341 e. The molecular weight excluding hydrogens is 358 g/mol. The molecule has 0 aliphatic carbocycles. The van der Waals surface area contributed by atoms with Crippen molar-refractivity contribution in [1.29, 1.82) is 0 Å². The fraction of sp³-hybridized carbons (Fsp3) is 0.667. The monoisotopic (exact) mass is 385 g/mol. The van der Waals surface area contributed by atoms with Crippen molar-refractivity contribution in [2.24, 2.45) is 0 Å². The number of carbonyl (C=O) groups is 2. The Morgan fingerprint density at radius 1 is 1.36 bits per heavy atom. The van der Waals surface area contributed by atoms with Crippen LogP contribution in [0.2, 0.25) is 0 Å². The summed E-state index contributed by atoms with van der Waals surface area (Å²) in [7, 11) is 0. The van der Waals surface area contributed by atoms with Crippen LogP contribution in [-0.4, -0.2) is 60.4 Å².